The van der Waals surface area contributed by atoms with E-state index in [1.807, 2.05) is 0 Å². The Balaban J connectivity index is 3.17. The average molecular weight is 297 g/mol. The van der Waals surface area contributed by atoms with Gasteiger partial charge in [-0.05, 0) is 63.1 Å². The lowest BCUT2D eigenvalue weighted by atomic mass is 10.2. The highest BCUT2D eigenvalue weighted by Gasteiger charge is 1.92. The second-order valence-corrected chi connectivity index (χ2v) is 3.93. The Morgan fingerprint density at radius 3 is 2.56 bits per heavy atom. The lowest BCUT2D eigenvalue weighted by molar-refractivity contribution is 1.43. The van der Waals surface area contributed by atoms with E-state index in [1.54, 1.807) is 0 Å². The monoisotopic (exact) mass is 296 g/mol. The van der Waals surface area contributed by atoms with Crippen LogP contribution in [0.3, 0.4) is 0 Å². The van der Waals surface area contributed by atoms with E-state index >= 15 is 0 Å². The summed E-state index contributed by atoms with van der Waals surface area (Å²) in [5, 5.41) is 0. The number of rotatable bonds is 0. The van der Waals surface area contributed by atoms with E-state index in [0.717, 1.165) is 0 Å². The third-order valence-electron chi connectivity index (χ3n) is 1.08. The van der Waals surface area contributed by atoms with Gasteiger partial charge in [0, 0.05) is 8.04 Å². The van der Waals surface area contributed by atoms with E-state index in [-0.39, 0.29) is 0 Å². The molecule has 0 spiro atoms. The molecule has 0 heterocycles. The van der Waals surface area contributed by atoms with Crippen molar-refractivity contribution in [1.29, 1.82) is 0 Å². The molecule has 48 valence electrons. The first-order valence-corrected chi connectivity index (χ1v) is 4.49. The fourth-order valence-electron chi connectivity index (χ4n) is 0.601. The zero-order valence-corrected chi connectivity index (χ0v) is 8.73. The maximum Gasteiger partial charge on any atom is 0.0311 e. The van der Waals surface area contributed by atoms with Gasteiger partial charge in [-0.25, -0.2) is 0 Å². The Morgan fingerprint density at radius 1 is 1.44 bits per heavy atom. The maximum atomic E-state index is 3.44. The topological polar surface area (TPSA) is 0 Å². The number of aryl methyl sites for hydroxylation is 1. The Bertz CT molecular complexity index is 220. The van der Waals surface area contributed by atoms with Gasteiger partial charge in [0.05, 0.1) is 0 Å². The summed E-state index contributed by atoms with van der Waals surface area (Å²) < 4.78 is 2.45. The van der Waals surface area contributed by atoms with Gasteiger partial charge in [0.1, 0.15) is 0 Å². The third kappa shape index (κ3) is 1.93. The molecule has 0 amide bonds. The summed E-state index contributed by atoms with van der Waals surface area (Å²) in [6, 6.07) is 6.31. The van der Waals surface area contributed by atoms with Crippen molar-refractivity contribution in [3.8, 4) is 0 Å². The van der Waals surface area contributed by atoms with Crippen molar-refractivity contribution in [3.05, 3.63) is 31.8 Å². The molecular formula is C7H6BrI. The van der Waals surface area contributed by atoms with Gasteiger partial charge < -0.3 is 0 Å². The summed E-state index contributed by atoms with van der Waals surface area (Å²) in [5.74, 6) is 0. The van der Waals surface area contributed by atoms with Gasteiger partial charge >= 0.3 is 0 Å². The summed E-state index contributed by atoms with van der Waals surface area (Å²) >= 11 is 5.73. The Labute approximate surface area is 76.9 Å². The summed E-state index contributed by atoms with van der Waals surface area (Å²) in [6.07, 6.45) is 0. The molecule has 1 aromatic rings. The summed E-state index contributed by atoms with van der Waals surface area (Å²) in [6.45, 7) is 2.08. The number of halogens is 2. The minimum absolute atomic E-state index is 1.18. The van der Waals surface area contributed by atoms with Crippen LogP contribution in [0, 0.1) is 10.5 Å². The standard InChI is InChI=1S/C7H6BrI/c1-5-2-3-7(9)6(8)4-5/h2-4H,1H3. The van der Waals surface area contributed by atoms with Crippen LogP contribution in [-0.2, 0) is 0 Å². The average Bonchev–Trinajstić information content (AvgIpc) is 1.80. The second-order valence-electron chi connectivity index (χ2n) is 1.92. The molecule has 9 heavy (non-hydrogen) atoms. The molecule has 0 aliphatic heterocycles. The van der Waals surface area contributed by atoms with Crippen molar-refractivity contribution in [3.63, 3.8) is 0 Å². The van der Waals surface area contributed by atoms with Gasteiger partial charge in [-0.2, -0.15) is 0 Å². The van der Waals surface area contributed by atoms with Crippen LogP contribution in [0.5, 0.6) is 0 Å². The van der Waals surface area contributed by atoms with E-state index < -0.39 is 0 Å². The summed E-state index contributed by atoms with van der Waals surface area (Å²) in [4.78, 5) is 0. The van der Waals surface area contributed by atoms with Crippen molar-refractivity contribution in [2.45, 2.75) is 6.92 Å². The fraction of sp³-hybridized carbons (Fsp3) is 0.143. The van der Waals surface area contributed by atoms with Crippen molar-refractivity contribution in [2.24, 2.45) is 0 Å². The lowest BCUT2D eigenvalue weighted by Crippen LogP contribution is -1.75. The largest absolute Gasteiger partial charge is 0.0582 e. The molecule has 0 aliphatic rings. The van der Waals surface area contributed by atoms with Crippen LogP contribution in [-0.4, -0.2) is 0 Å². The molecule has 0 N–H and O–H groups in total. The van der Waals surface area contributed by atoms with Gasteiger partial charge in [0.15, 0.2) is 0 Å². The predicted octanol–water partition coefficient (Wildman–Crippen LogP) is 3.36. The molecule has 2 heteroatoms. The summed E-state index contributed by atoms with van der Waals surface area (Å²) in [7, 11) is 0. The zero-order valence-electron chi connectivity index (χ0n) is 4.99. The highest BCUT2D eigenvalue weighted by atomic mass is 127. The molecule has 0 fully saturated rings. The van der Waals surface area contributed by atoms with Crippen molar-refractivity contribution >= 4 is 38.5 Å². The van der Waals surface area contributed by atoms with Gasteiger partial charge in [-0.1, -0.05) is 6.07 Å². The smallest absolute Gasteiger partial charge is 0.0311 e. The molecule has 1 rings (SSSR count). The molecule has 0 nitrogen and oxygen atoms in total. The molecule has 1 aromatic carbocycles. The van der Waals surface area contributed by atoms with Crippen molar-refractivity contribution in [2.75, 3.05) is 0 Å². The minimum Gasteiger partial charge on any atom is -0.0582 e. The number of hydrogen-bond acceptors (Lipinski definition) is 0. The van der Waals surface area contributed by atoms with Crippen LogP contribution in [0.2, 0.25) is 0 Å². The van der Waals surface area contributed by atoms with Crippen LogP contribution < -0.4 is 0 Å². The van der Waals surface area contributed by atoms with E-state index in [0.29, 0.717) is 0 Å². The molecule has 0 saturated heterocycles. The molecule has 0 saturated carbocycles. The Hall–Kier alpha value is 0.430. The quantitative estimate of drug-likeness (QED) is 0.644. The van der Waals surface area contributed by atoms with Crippen LogP contribution in [0.15, 0.2) is 22.7 Å². The van der Waals surface area contributed by atoms with Crippen molar-refractivity contribution < 1.29 is 0 Å². The number of hydrogen-bond donors (Lipinski definition) is 0. The molecule has 0 bridgehead atoms. The predicted molar refractivity (Wildman–Crippen MR) is 51.6 cm³/mol. The van der Waals surface area contributed by atoms with Crippen LogP contribution in [0.25, 0.3) is 0 Å². The second kappa shape index (κ2) is 3.01. The highest BCUT2D eigenvalue weighted by Crippen LogP contribution is 2.19. The first kappa shape index (κ1) is 7.54. The zero-order chi connectivity index (χ0) is 6.85. The highest BCUT2D eigenvalue weighted by molar-refractivity contribution is 14.1. The SMILES string of the molecule is Cc1ccc(I)c(Br)c1. The van der Waals surface area contributed by atoms with Crippen LogP contribution in [0.1, 0.15) is 5.56 Å². The van der Waals surface area contributed by atoms with Gasteiger partial charge in [-0.3, -0.25) is 0 Å². The van der Waals surface area contributed by atoms with E-state index in [9.17, 15) is 0 Å². The minimum atomic E-state index is 1.18. The lowest BCUT2D eigenvalue weighted by Gasteiger charge is -1.95. The van der Waals surface area contributed by atoms with Gasteiger partial charge in [0.25, 0.3) is 0 Å². The molecule has 0 atom stereocenters. The van der Waals surface area contributed by atoms with Gasteiger partial charge in [-0.15, -0.1) is 0 Å². The number of benzene rings is 1. The third-order valence-corrected chi connectivity index (χ3v) is 3.41. The molecule has 0 unspecified atom stereocenters. The molecule has 0 aliphatic carbocycles. The maximum absolute atomic E-state index is 3.44. The fourth-order valence-corrected chi connectivity index (χ4v) is 1.43. The van der Waals surface area contributed by atoms with E-state index in [1.165, 1.54) is 13.6 Å². The molecule has 0 radical (unpaired) electrons. The first-order valence-electron chi connectivity index (χ1n) is 2.62. The normalized spacial score (nSPS) is 9.67. The van der Waals surface area contributed by atoms with Gasteiger partial charge in [0.2, 0.25) is 0 Å². The summed E-state index contributed by atoms with van der Waals surface area (Å²) in [5.41, 5.74) is 1.29. The van der Waals surface area contributed by atoms with E-state index in [2.05, 4.69) is 63.6 Å². The molecule has 0 aromatic heterocycles. The van der Waals surface area contributed by atoms with E-state index in [4.69, 9.17) is 0 Å². The Kier molecular flexibility index (Phi) is 2.52. The Morgan fingerprint density at radius 2 is 2.11 bits per heavy atom. The first-order chi connectivity index (χ1) is 4.20. The molecular weight excluding hydrogens is 291 g/mol. The van der Waals surface area contributed by atoms with Crippen LogP contribution in [0.4, 0.5) is 0 Å². The van der Waals surface area contributed by atoms with Crippen LogP contribution >= 0.6 is 38.5 Å². The van der Waals surface area contributed by atoms with Crippen molar-refractivity contribution in [1.82, 2.24) is 0 Å².